The van der Waals surface area contributed by atoms with Crippen LogP contribution in [0.5, 0.6) is 0 Å². The van der Waals surface area contributed by atoms with E-state index in [4.69, 9.17) is 0 Å². The Morgan fingerprint density at radius 3 is 2.76 bits per heavy atom. The van der Waals surface area contributed by atoms with E-state index in [1.54, 1.807) is 11.5 Å². The SMILES string of the molecule is CC(C)=C(S/C=C/C=O)c1cc(C)ncc1F. The van der Waals surface area contributed by atoms with Gasteiger partial charge in [0.25, 0.3) is 0 Å². The van der Waals surface area contributed by atoms with Gasteiger partial charge in [-0.2, -0.15) is 0 Å². The molecule has 0 spiro atoms. The molecule has 1 rings (SSSR count). The Morgan fingerprint density at radius 1 is 1.47 bits per heavy atom. The first-order valence-electron chi connectivity index (χ1n) is 5.13. The van der Waals surface area contributed by atoms with E-state index in [1.165, 1.54) is 24.0 Å². The number of nitrogens with zero attached hydrogens (tertiary/aromatic N) is 1. The predicted molar refractivity (Wildman–Crippen MR) is 70.0 cm³/mol. The van der Waals surface area contributed by atoms with Crippen molar-refractivity contribution >= 4 is 23.0 Å². The minimum Gasteiger partial charge on any atom is -0.299 e. The van der Waals surface area contributed by atoms with E-state index in [0.717, 1.165) is 16.2 Å². The normalized spacial score (nSPS) is 10.6. The second-order valence-electron chi connectivity index (χ2n) is 3.72. The summed E-state index contributed by atoms with van der Waals surface area (Å²) in [5.41, 5.74) is 2.29. The van der Waals surface area contributed by atoms with Crippen molar-refractivity contribution in [3.8, 4) is 0 Å². The lowest BCUT2D eigenvalue weighted by Crippen LogP contribution is -1.92. The Morgan fingerprint density at radius 2 is 2.18 bits per heavy atom. The van der Waals surface area contributed by atoms with E-state index >= 15 is 0 Å². The number of rotatable bonds is 4. The summed E-state index contributed by atoms with van der Waals surface area (Å²) in [5.74, 6) is -0.348. The number of thioether (sulfide) groups is 1. The van der Waals surface area contributed by atoms with Gasteiger partial charge in [0, 0.05) is 16.2 Å². The summed E-state index contributed by atoms with van der Waals surface area (Å²) in [6.45, 7) is 5.63. The van der Waals surface area contributed by atoms with E-state index in [2.05, 4.69) is 4.98 Å². The molecular weight excluding hydrogens is 237 g/mol. The molecule has 0 saturated carbocycles. The Kier molecular flexibility index (Phi) is 5.10. The lowest BCUT2D eigenvalue weighted by atomic mass is 10.1. The van der Waals surface area contributed by atoms with Gasteiger partial charge in [0.05, 0.1) is 6.20 Å². The molecule has 0 saturated heterocycles. The van der Waals surface area contributed by atoms with Crippen LogP contribution in [0.1, 0.15) is 25.1 Å². The second kappa shape index (κ2) is 6.35. The standard InChI is InChI=1S/C13H14FNOS/c1-9(2)13(17-6-4-5-16)11-7-10(3)15-8-12(11)14/h4-8H,1-3H3/b6-4+. The summed E-state index contributed by atoms with van der Waals surface area (Å²) in [4.78, 5) is 14.9. The summed E-state index contributed by atoms with van der Waals surface area (Å²) >= 11 is 1.33. The van der Waals surface area contributed by atoms with Crippen LogP contribution >= 0.6 is 11.8 Å². The van der Waals surface area contributed by atoms with Gasteiger partial charge >= 0.3 is 0 Å². The molecule has 90 valence electrons. The highest BCUT2D eigenvalue weighted by Crippen LogP contribution is 2.33. The lowest BCUT2D eigenvalue weighted by Gasteiger charge is -2.09. The molecule has 0 aromatic carbocycles. The molecule has 2 nitrogen and oxygen atoms in total. The van der Waals surface area contributed by atoms with Crippen molar-refractivity contribution in [2.75, 3.05) is 0 Å². The van der Waals surface area contributed by atoms with Gasteiger partial charge in [0.15, 0.2) is 0 Å². The van der Waals surface area contributed by atoms with Crippen molar-refractivity contribution < 1.29 is 9.18 Å². The highest BCUT2D eigenvalue weighted by atomic mass is 32.2. The fraction of sp³-hybridized carbons (Fsp3) is 0.231. The molecule has 0 radical (unpaired) electrons. The fourth-order valence-electron chi connectivity index (χ4n) is 1.31. The molecule has 0 aliphatic rings. The van der Waals surface area contributed by atoms with Gasteiger partial charge in [0.2, 0.25) is 0 Å². The van der Waals surface area contributed by atoms with Gasteiger partial charge in [-0.25, -0.2) is 4.39 Å². The molecule has 4 heteroatoms. The number of halogens is 1. The molecule has 0 aliphatic carbocycles. The van der Waals surface area contributed by atoms with Gasteiger partial charge in [-0.05, 0) is 38.3 Å². The number of aryl methyl sites for hydroxylation is 1. The number of pyridine rings is 1. The van der Waals surface area contributed by atoms with Gasteiger partial charge in [-0.3, -0.25) is 9.78 Å². The molecule has 1 aromatic heterocycles. The molecule has 0 N–H and O–H groups in total. The summed E-state index contributed by atoms with van der Waals surface area (Å²) < 4.78 is 13.7. The molecule has 0 unspecified atom stereocenters. The van der Waals surface area contributed by atoms with Crippen LogP contribution in [-0.4, -0.2) is 11.3 Å². The molecule has 0 aliphatic heterocycles. The monoisotopic (exact) mass is 251 g/mol. The highest BCUT2D eigenvalue weighted by molar-refractivity contribution is 8.11. The maximum atomic E-state index is 13.7. The largest absolute Gasteiger partial charge is 0.299 e. The van der Waals surface area contributed by atoms with Crippen LogP contribution in [-0.2, 0) is 4.79 Å². The predicted octanol–water partition coefficient (Wildman–Crippen LogP) is 3.73. The minimum absolute atomic E-state index is 0.348. The Bertz CT molecular complexity index is 476. The summed E-state index contributed by atoms with van der Waals surface area (Å²) in [7, 11) is 0. The quantitative estimate of drug-likeness (QED) is 0.603. The van der Waals surface area contributed by atoms with Crippen molar-refractivity contribution in [1.82, 2.24) is 4.98 Å². The van der Waals surface area contributed by atoms with E-state index in [-0.39, 0.29) is 5.82 Å². The van der Waals surface area contributed by atoms with E-state index in [9.17, 15) is 9.18 Å². The number of aromatic nitrogens is 1. The average molecular weight is 251 g/mol. The second-order valence-corrected chi connectivity index (χ2v) is 4.63. The molecule has 17 heavy (non-hydrogen) atoms. The van der Waals surface area contributed by atoms with Crippen LogP contribution in [0.3, 0.4) is 0 Å². The third-order valence-electron chi connectivity index (χ3n) is 2.03. The van der Waals surface area contributed by atoms with Crippen LogP contribution < -0.4 is 0 Å². The van der Waals surface area contributed by atoms with Gasteiger partial charge in [-0.1, -0.05) is 17.3 Å². The molecule has 1 heterocycles. The van der Waals surface area contributed by atoms with Crippen molar-refractivity contribution in [2.45, 2.75) is 20.8 Å². The smallest absolute Gasteiger partial charge is 0.149 e. The first-order valence-corrected chi connectivity index (χ1v) is 6.01. The molecule has 1 aromatic rings. The Labute approximate surface area is 105 Å². The first-order chi connectivity index (χ1) is 8.06. The Balaban J connectivity index is 3.15. The third kappa shape index (κ3) is 3.82. The molecule has 0 atom stereocenters. The lowest BCUT2D eigenvalue weighted by molar-refractivity contribution is -0.104. The maximum absolute atomic E-state index is 13.7. The third-order valence-corrected chi connectivity index (χ3v) is 3.19. The molecular formula is C13H14FNOS. The van der Waals surface area contributed by atoms with Crippen molar-refractivity contribution in [1.29, 1.82) is 0 Å². The van der Waals surface area contributed by atoms with Gasteiger partial charge in [-0.15, -0.1) is 0 Å². The number of carbonyl (C=O) groups is 1. The summed E-state index contributed by atoms with van der Waals surface area (Å²) in [6, 6.07) is 1.71. The summed E-state index contributed by atoms with van der Waals surface area (Å²) in [5, 5.41) is 1.64. The van der Waals surface area contributed by atoms with E-state index in [1.807, 2.05) is 20.8 Å². The topological polar surface area (TPSA) is 30.0 Å². The van der Waals surface area contributed by atoms with Gasteiger partial charge < -0.3 is 0 Å². The summed E-state index contributed by atoms with van der Waals surface area (Å²) in [6.07, 6.45) is 3.31. The van der Waals surface area contributed by atoms with Crippen LogP contribution in [0.15, 0.2) is 29.3 Å². The van der Waals surface area contributed by atoms with Crippen molar-refractivity contribution in [2.24, 2.45) is 0 Å². The zero-order valence-electron chi connectivity index (χ0n) is 10.0. The van der Waals surface area contributed by atoms with Crippen LogP contribution in [0, 0.1) is 12.7 Å². The molecule has 0 fully saturated rings. The number of hydrogen-bond donors (Lipinski definition) is 0. The Hall–Kier alpha value is -1.42. The van der Waals surface area contributed by atoms with E-state index < -0.39 is 0 Å². The zero-order chi connectivity index (χ0) is 12.8. The van der Waals surface area contributed by atoms with Crippen molar-refractivity contribution in [3.63, 3.8) is 0 Å². The molecule has 0 bridgehead atoms. The fourth-order valence-corrected chi connectivity index (χ4v) is 2.11. The average Bonchev–Trinajstić information content (AvgIpc) is 2.28. The highest BCUT2D eigenvalue weighted by Gasteiger charge is 2.10. The van der Waals surface area contributed by atoms with Crippen LogP contribution in [0.4, 0.5) is 4.39 Å². The number of allylic oxidation sites excluding steroid dienone is 2. The van der Waals surface area contributed by atoms with Crippen LogP contribution in [0.25, 0.3) is 4.91 Å². The van der Waals surface area contributed by atoms with Crippen LogP contribution in [0.2, 0.25) is 0 Å². The maximum Gasteiger partial charge on any atom is 0.149 e. The van der Waals surface area contributed by atoms with Gasteiger partial charge in [0.1, 0.15) is 12.1 Å². The number of carbonyl (C=O) groups excluding carboxylic acids is 1. The zero-order valence-corrected chi connectivity index (χ0v) is 10.8. The van der Waals surface area contributed by atoms with Crippen molar-refractivity contribution in [3.05, 3.63) is 46.4 Å². The minimum atomic E-state index is -0.348. The first kappa shape index (κ1) is 13.6. The van der Waals surface area contributed by atoms with E-state index in [0.29, 0.717) is 11.8 Å². The number of hydrogen-bond acceptors (Lipinski definition) is 3. The molecule has 0 amide bonds. The number of aldehydes is 1.